The molecule has 2 atom stereocenters. The van der Waals surface area contributed by atoms with E-state index in [0.717, 1.165) is 32.1 Å². The minimum Gasteiger partial charge on any atom is -0.336 e. The highest BCUT2D eigenvalue weighted by molar-refractivity contribution is 7.92. The van der Waals surface area contributed by atoms with Gasteiger partial charge in [0.1, 0.15) is 0 Å². The van der Waals surface area contributed by atoms with E-state index in [2.05, 4.69) is 5.32 Å². The fourth-order valence-electron chi connectivity index (χ4n) is 4.26. The van der Waals surface area contributed by atoms with Crippen molar-refractivity contribution in [2.45, 2.75) is 55.2 Å². The number of fused-ring (bicyclic) bond motifs is 1. The zero-order valence-electron chi connectivity index (χ0n) is 13.3. The first-order chi connectivity index (χ1) is 10.3. The predicted molar refractivity (Wildman–Crippen MR) is 85.3 cm³/mol. The molecule has 3 N–H and O–H groups in total. The standard InChI is InChI=1S/C15H27N3O3S/c1-22(20,21)14(6-3-2-4-7-14)10-17-13(19)18-9-12-5-8-15(12,16)11-18/h12H,2-11,16H2,1H3,(H,17,19)/t12-,15-/m0/s1. The summed E-state index contributed by atoms with van der Waals surface area (Å²) in [6.45, 7) is 1.52. The number of urea groups is 1. The molecule has 126 valence electrons. The molecule has 3 fully saturated rings. The van der Waals surface area contributed by atoms with Crippen molar-refractivity contribution in [2.75, 3.05) is 25.9 Å². The fourth-order valence-corrected chi connectivity index (χ4v) is 5.63. The lowest BCUT2D eigenvalue weighted by Gasteiger charge is -2.40. The maximum Gasteiger partial charge on any atom is 0.317 e. The van der Waals surface area contributed by atoms with Crippen molar-refractivity contribution in [2.24, 2.45) is 11.7 Å². The third kappa shape index (κ3) is 2.62. The fraction of sp³-hybridized carbons (Fsp3) is 0.933. The first kappa shape index (κ1) is 16.1. The van der Waals surface area contributed by atoms with Crippen LogP contribution in [0.3, 0.4) is 0 Å². The Morgan fingerprint density at radius 3 is 2.41 bits per heavy atom. The maximum atomic E-state index is 12.4. The minimum absolute atomic E-state index is 0.159. The molecule has 1 heterocycles. The van der Waals surface area contributed by atoms with Crippen LogP contribution in [0.4, 0.5) is 4.79 Å². The van der Waals surface area contributed by atoms with Crippen LogP contribution in [0.15, 0.2) is 0 Å². The third-order valence-electron chi connectivity index (χ3n) is 6.10. The lowest BCUT2D eigenvalue weighted by Crippen LogP contribution is -2.55. The van der Waals surface area contributed by atoms with Gasteiger partial charge in [0.2, 0.25) is 0 Å². The summed E-state index contributed by atoms with van der Waals surface area (Å²) in [4.78, 5) is 14.1. The molecule has 6 nitrogen and oxygen atoms in total. The molecule has 0 radical (unpaired) electrons. The van der Waals surface area contributed by atoms with Crippen LogP contribution in [0.25, 0.3) is 0 Å². The number of hydrogen-bond acceptors (Lipinski definition) is 4. The Hall–Kier alpha value is -0.820. The second-order valence-electron chi connectivity index (χ2n) is 7.52. The molecule has 3 rings (SSSR count). The molecule has 7 heteroatoms. The summed E-state index contributed by atoms with van der Waals surface area (Å²) in [6.07, 6.45) is 7.58. The molecule has 0 aromatic carbocycles. The Morgan fingerprint density at radius 2 is 1.95 bits per heavy atom. The Bertz CT molecular complexity index is 556. The highest BCUT2D eigenvalue weighted by Gasteiger charge is 2.51. The minimum atomic E-state index is -3.19. The molecule has 0 bridgehead atoms. The van der Waals surface area contributed by atoms with Crippen molar-refractivity contribution in [3.8, 4) is 0 Å². The normalized spacial score (nSPS) is 33.9. The second kappa shape index (κ2) is 5.37. The molecular formula is C15H27N3O3S. The average molecular weight is 329 g/mol. The van der Waals surface area contributed by atoms with E-state index in [0.29, 0.717) is 31.8 Å². The topological polar surface area (TPSA) is 92.5 Å². The van der Waals surface area contributed by atoms with Crippen molar-refractivity contribution in [1.29, 1.82) is 0 Å². The first-order valence-electron chi connectivity index (χ1n) is 8.27. The van der Waals surface area contributed by atoms with E-state index < -0.39 is 14.6 Å². The number of hydrogen-bond donors (Lipinski definition) is 2. The lowest BCUT2D eigenvalue weighted by atomic mass is 9.70. The van der Waals surface area contributed by atoms with Gasteiger partial charge in [0.15, 0.2) is 9.84 Å². The molecule has 22 heavy (non-hydrogen) atoms. The zero-order chi connectivity index (χ0) is 16.0. The summed E-state index contributed by atoms with van der Waals surface area (Å²) in [5.74, 6) is 0.414. The van der Waals surface area contributed by atoms with Crippen LogP contribution in [-0.4, -0.2) is 55.5 Å². The number of likely N-dealkylation sites (tertiary alicyclic amines) is 1. The average Bonchev–Trinajstić information content (AvgIpc) is 2.69. The van der Waals surface area contributed by atoms with Crippen LogP contribution in [0.5, 0.6) is 0 Å². The van der Waals surface area contributed by atoms with Gasteiger partial charge in [0.05, 0.1) is 4.75 Å². The number of carbonyl (C=O) groups excluding carboxylic acids is 1. The summed E-state index contributed by atoms with van der Waals surface area (Å²) in [5.41, 5.74) is 6.06. The van der Waals surface area contributed by atoms with Crippen molar-refractivity contribution in [3.05, 3.63) is 0 Å². The molecular weight excluding hydrogens is 302 g/mol. The smallest absolute Gasteiger partial charge is 0.317 e. The molecule has 0 spiro atoms. The van der Waals surface area contributed by atoms with Crippen LogP contribution < -0.4 is 11.1 Å². The molecule has 1 saturated heterocycles. The van der Waals surface area contributed by atoms with Crippen LogP contribution in [-0.2, 0) is 9.84 Å². The Kier molecular flexibility index (Phi) is 3.92. The van der Waals surface area contributed by atoms with Gasteiger partial charge in [-0.15, -0.1) is 0 Å². The number of sulfone groups is 1. The number of amides is 2. The van der Waals surface area contributed by atoms with Gasteiger partial charge in [-0.25, -0.2) is 13.2 Å². The van der Waals surface area contributed by atoms with Crippen LogP contribution in [0.1, 0.15) is 44.9 Å². The molecule has 0 unspecified atom stereocenters. The van der Waals surface area contributed by atoms with Crippen LogP contribution in [0.2, 0.25) is 0 Å². The summed E-state index contributed by atoms with van der Waals surface area (Å²) in [7, 11) is -3.19. The van der Waals surface area contributed by atoms with Gasteiger partial charge in [-0.3, -0.25) is 0 Å². The first-order valence-corrected chi connectivity index (χ1v) is 10.2. The van der Waals surface area contributed by atoms with E-state index in [1.54, 1.807) is 4.90 Å². The molecule has 0 aromatic heterocycles. The quantitative estimate of drug-likeness (QED) is 0.803. The van der Waals surface area contributed by atoms with E-state index in [4.69, 9.17) is 5.73 Å². The summed E-state index contributed by atoms with van der Waals surface area (Å²) < 4.78 is 23.7. The molecule has 2 saturated carbocycles. The number of carbonyl (C=O) groups is 1. The SMILES string of the molecule is CS(=O)(=O)C1(CNC(=O)N2C[C@@H]3CC[C@]3(N)C2)CCCCC1. The second-order valence-corrected chi connectivity index (χ2v) is 9.93. The van der Waals surface area contributed by atoms with E-state index in [1.165, 1.54) is 6.26 Å². The van der Waals surface area contributed by atoms with E-state index >= 15 is 0 Å². The summed E-state index contributed by atoms with van der Waals surface area (Å²) >= 11 is 0. The number of nitrogens with two attached hydrogens (primary N) is 1. The highest BCUT2D eigenvalue weighted by atomic mass is 32.2. The van der Waals surface area contributed by atoms with Gasteiger partial charge in [-0.1, -0.05) is 19.3 Å². The van der Waals surface area contributed by atoms with Crippen LogP contribution in [0, 0.1) is 5.92 Å². The Labute approximate surface area is 132 Å². The highest BCUT2D eigenvalue weighted by Crippen LogP contribution is 2.42. The van der Waals surface area contributed by atoms with E-state index in [9.17, 15) is 13.2 Å². The van der Waals surface area contributed by atoms with E-state index in [-0.39, 0.29) is 18.1 Å². The zero-order valence-corrected chi connectivity index (χ0v) is 14.1. The predicted octanol–water partition coefficient (Wildman–Crippen LogP) is 0.867. The lowest BCUT2D eigenvalue weighted by molar-refractivity contribution is 0.187. The monoisotopic (exact) mass is 329 g/mol. The van der Waals surface area contributed by atoms with Gasteiger partial charge in [-0.2, -0.15) is 0 Å². The number of nitrogens with zero attached hydrogens (tertiary/aromatic N) is 1. The molecule has 1 aliphatic heterocycles. The third-order valence-corrected chi connectivity index (χ3v) is 8.22. The van der Waals surface area contributed by atoms with Gasteiger partial charge in [0, 0.05) is 31.4 Å². The Balaban J connectivity index is 1.62. The summed E-state index contributed by atoms with van der Waals surface area (Å²) in [5, 5.41) is 2.88. The van der Waals surface area contributed by atoms with Crippen LogP contribution >= 0.6 is 0 Å². The van der Waals surface area contributed by atoms with Gasteiger partial charge >= 0.3 is 6.03 Å². The van der Waals surface area contributed by atoms with Gasteiger partial charge in [-0.05, 0) is 31.6 Å². The van der Waals surface area contributed by atoms with Gasteiger partial charge in [0.25, 0.3) is 0 Å². The number of rotatable bonds is 3. The van der Waals surface area contributed by atoms with E-state index in [1.807, 2.05) is 0 Å². The molecule has 0 aromatic rings. The van der Waals surface area contributed by atoms with Crippen molar-refractivity contribution in [1.82, 2.24) is 10.2 Å². The summed E-state index contributed by atoms with van der Waals surface area (Å²) in [6, 6.07) is -0.159. The molecule has 2 aliphatic carbocycles. The van der Waals surface area contributed by atoms with Gasteiger partial charge < -0.3 is 16.0 Å². The van der Waals surface area contributed by atoms with Crippen molar-refractivity contribution >= 4 is 15.9 Å². The maximum absolute atomic E-state index is 12.4. The molecule has 2 amide bonds. The van der Waals surface area contributed by atoms with Crippen molar-refractivity contribution < 1.29 is 13.2 Å². The Morgan fingerprint density at radius 1 is 1.27 bits per heavy atom. The largest absolute Gasteiger partial charge is 0.336 e. The van der Waals surface area contributed by atoms with Crippen molar-refractivity contribution in [3.63, 3.8) is 0 Å². The number of nitrogens with one attached hydrogen (secondary N) is 1. The molecule has 3 aliphatic rings.